The molecule has 0 aliphatic heterocycles. The molecule has 1 rings (SSSR count). The van der Waals surface area contributed by atoms with Crippen molar-refractivity contribution in [1.82, 2.24) is 4.98 Å². The summed E-state index contributed by atoms with van der Waals surface area (Å²) in [6.07, 6.45) is 0. The Balaban J connectivity index is 3.48. The van der Waals surface area contributed by atoms with Crippen molar-refractivity contribution < 1.29 is 12.3 Å². The highest BCUT2D eigenvalue weighted by Crippen LogP contribution is 2.17. The molecule has 62 valence electrons. The van der Waals surface area contributed by atoms with Crippen molar-refractivity contribution in [3.05, 3.63) is 15.4 Å². The second-order valence-electron chi connectivity index (χ2n) is 1.86. The fraction of sp³-hybridized carbons (Fsp3) is 0.250. The molecule has 1 aromatic heterocycles. The number of aromatic nitrogens is 1. The van der Waals surface area contributed by atoms with Crippen LogP contribution in [0.25, 0.3) is 0 Å². The summed E-state index contributed by atoms with van der Waals surface area (Å²) in [5, 5.41) is 0. The Morgan fingerprint density at radius 1 is 1.55 bits per heavy atom. The minimum Gasteiger partial charge on any atom is -0.315 e. The summed E-state index contributed by atoms with van der Waals surface area (Å²) in [4.78, 5) is 12.1. The number of thiazole rings is 1. The molecule has 0 radical (unpaired) electrons. The molecule has 0 spiro atoms. The molecule has 0 aliphatic carbocycles. The van der Waals surface area contributed by atoms with Crippen molar-refractivity contribution in [3.63, 3.8) is 0 Å². The van der Waals surface area contributed by atoms with Crippen LogP contribution in [0.3, 0.4) is 0 Å². The Bertz CT molecular complexity index is 415. The molecule has 0 saturated heterocycles. The van der Waals surface area contributed by atoms with Gasteiger partial charge < -0.3 is 4.98 Å². The first kappa shape index (κ1) is 8.41. The van der Waals surface area contributed by atoms with Crippen LogP contribution >= 0.6 is 11.3 Å². The number of aromatic amines is 1. The molecule has 11 heavy (non-hydrogen) atoms. The monoisotopic (exact) mass is 197 g/mol. The maximum atomic E-state index is 12.2. The topological polar surface area (TPSA) is 67.0 Å². The second kappa shape index (κ2) is 2.42. The average molecular weight is 197 g/mol. The minimum absolute atomic E-state index is 0.0440. The van der Waals surface area contributed by atoms with E-state index in [-0.39, 0.29) is 5.69 Å². The van der Waals surface area contributed by atoms with Crippen LogP contribution in [0.1, 0.15) is 5.69 Å². The summed E-state index contributed by atoms with van der Waals surface area (Å²) >= 11 is 0.347. The summed E-state index contributed by atoms with van der Waals surface area (Å²) in [7, 11) is -4.73. The van der Waals surface area contributed by atoms with E-state index in [0.717, 1.165) is 0 Å². The van der Waals surface area contributed by atoms with Gasteiger partial charge in [-0.15, -0.1) is 0 Å². The number of hydrogen-bond acceptors (Lipinski definition) is 4. The third-order valence-corrected chi connectivity index (χ3v) is 3.38. The Morgan fingerprint density at radius 2 is 2.09 bits per heavy atom. The number of nitrogens with one attached hydrogen (secondary N) is 1. The van der Waals surface area contributed by atoms with Gasteiger partial charge in [-0.2, -0.15) is 8.42 Å². The standard InChI is InChI=1S/C4H4FNO3S2/c1-2-3(11(5,8)9)10-4(7)6-2/h1H3,(H,6,7). The van der Waals surface area contributed by atoms with Crippen LogP contribution < -0.4 is 4.87 Å². The Labute approximate surface area is 65.9 Å². The molecule has 4 nitrogen and oxygen atoms in total. The van der Waals surface area contributed by atoms with Crippen molar-refractivity contribution in [2.24, 2.45) is 0 Å². The van der Waals surface area contributed by atoms with Gasteiger partial charge in [-0.05, 0) is 6.92 Å². The predicted molar refractivity (Wildman–Crippen MR) is 38.0 cm³/mol. The third-order valence-electron chi connectivity index (χ3n) is 1.00. The lowest BCUT2D eigenvalue weighted by Gasteiger charge is -1.86. The smallest absolute Gasteiger partial charge is 0.315 e. The molecule has 0 unspecified atom stereocenters. The lowest BCUT2D eigenvalue weighted by molar-refractivity contribution is 0.553. The van der Waals surface area contributed by atoms with Crippen molar-refractivity contribution >= 4 is 21.6 Å². The van der Waals surface area contributed by atoms with Crippen LogP contribution in [0, 0.1) is 6.92 Å². The van der Waals surface area contributed by atoms with E-state index in [4.69, 9.17) is 0 Å². The minimum atomic E-state index is -4.73. The van der Waals surface area contributed by atoms with Crippen LogP contribution in [0.5, 0.6) is 0 Å². The van der Waals surface area contributed by atoms with Crippen LogP contribution in [-0.4, -0.2) is 13.4 Å². The van der Waals surface area contributed by atoms with Crippen LogP contribution in [-0.2, 0) is 10.2 Å². The predicted octanol–water partition coefficient (Wildman–Crippen LogP) is 0.403. The quantitative estimate of drug-likeness (QED) is 0.663. The summed E-state index contributed by atoms with van der Waals surface area (Å²) in [5.74, 6) is 0. The van der Waals surface area contributed by atoms with Gasteiger partial charge in [0, 0.05) is 5.69 Å². The maximum Gasteiger partial charge on any atom is 0.343 e. The summed E-state index contributed by atoms with van der Waals surface area (Å²) in [5.41, 5.74) is 0.0440. The van der Waals surface area contributed by atoms with Gasteiger partial charge >= 0.3 is 15.1 Å². The fourth-order valence-electron chi connectivity index (χ4n) is 0.623. The van der Waals surface area contributed by atoms with Crippen molar-refractivity contribution in [2.45, 2.75) is 11.1 Å². The highest BCUT2D eigenvalue weighted by atomic mass is 32.3. The maximum absolute atomic E-state index is 12.2. The van der Waals surface area contributed by atoms with Gasteiger partial charge in [0.15, 0.2) is 4.21 Å². The van der Waals surface area contributed by atoms with E-state index >= 15 is 0 Å². The SMILES string of the molecule is Cc1[nH]c(=O)sc1S(=O)(=O)F. The first-order chi connectivity index (χ1) is 4.91. The number of hydrogen-bond donors (Lipinski definition) is 1. The van der Waals surface area contributed by atoms with Gasteiger partial charge in [-0.1, -0.05) is 15.2 Å². The van der Waals surface area contributed by atoms with Crippen LogP contribution in [0.4, 0.5) is 3.89 Å². The third kappa shape index (κ3) is 1.66. The van der Waals surface area contributed by atoms with E-state index in [0.29, 0.717) is 11.3 Å². The van der Waals surface area contributed by atoms with E-state index < -0.39 is 19.3 Å². The number of aryl methyl sites for hydroxylation is 1. The molecular weight excluding hydrogens is 193 g/mol. The zero-order valence-electron chi connectivity index (χ0n) is 5.42. The lowest BCUT2D eigenvalue weighted by Crippen LogP contribution is -1.91. The lowest BCUT2D eigenvalue weighted by atomic mass is 10.6. The van der Waals surface area contributed by atoms with Crippen molar-refractivity contribution in [3.8, 4) is 0 Å². The highest BCUT2D eigenvalue weighted by Gasteiger charge is 2.18. The van der Waals surface area contributed by atoms with Gasteiger partial charge in [0.05, 0.1) is 0 Å². The van der Waals surface area contributed by atoms with Gasteiger partial charge in [-0.25, -0.2) is 0 Å². The summed E-state index contributed by atoms with van der Waals surface area (Å²) < 4.78 is 32.2. The first-order valence-electron chi connectivity index (χ1n) is 2.55. The Hall–Kier alpha value is -0.690. The molecular formula is C4H4FNO3S2. The fourth-order valence-corrected chi connectivity index (χ4v) is 2.24. The van der Waals surface area contributed by atoms with Crippen molar-refractivity contribution in [1.29, 1.82) is 0 Å². The second-order valence-corrected chi connectivity index (χ2v) is 4.39. The number of H-pyrrole nitrogens is 1. The normalized spacial score (nSPS) is 11.8. The Kier molecular flexibility index (Phi) is 1.85. The van der Waals surface area contributed by atoms with Gasteiger partial charge in [0.25, 0.3) is 0 Å². The molecule has 0 aromatic carbocycles. The molecule has 0 bridgehead atoms. The molecule has 1 aromatic rings. The first-order valence-corrected chi connectivity index (χ1v) is 4.75. The van der Waals surface area contributed by atoms with Gasteiger partial charge in [-0.3, -0.25) is 4.79 Å². The number of halogens is 1. The molecule has 0 fully saturated rings. The average Bonchev–Trinajstić information content (AvgIpc) is 2.08. The summed E-state index contributed by atoms with van der Waals surface area (Å²) in [6, 6.07) is 0. The summed E-state index contributed by atoms with van der Waals surface area (Å²) in [6.45, 7) is 1.32. The van der Waals surface area contributed by atoms with Gasteiger partial charge in [0.2, 0.25) is 0 Å². The van der Waals surface area contributed by atoms with Crippen LogP contribution in [0.2, 0.25) is 0 Å². The van der Waals surface area contributed by atoms with E-state index in [1.807, 2.05) is 0 Å². The largest absolute Gasteiger partial charge is 0.343 e. The van der Waals surface area contributed by atoms with E-state index in [1.165, 1.54) is 6.92 Å². The van der Waals surface area contributed by atoms with E-state index in [9.17, 15) is 17.1 Å². The molecule has 0 saturated carbocycles. The number of rotatable bonds is 1. The van der Waals surface area contributed by atoms with Crippen molar-refractivity contribution in [2.75, 3.05) is 0 Å². The zero-order valence-corrected chi connectivity index (χ0v) is 7.05. The molecule has 0 atom stereocenters. The van der Waals surface area contributed by atoms with E-state index in [1.54, 1.807) is 0 Å². The highest BCUT2D eigenvalue weighted by molar-refractivity contribution is 7.88. The zero-order chi connectivity index (χ0) is 8.65. The Morgan fingerprint density at radius 3 is 2.27 bits per heavy atom. The molecule has 7 heteroatoms. The molecule has 0 aliphatic rings. The van der Waals surface area contributed by atoms with Crippen LogP contribution in [0.15, 0.2) is 9.00 Å². The van der Waals surface area contributed by atoms with E-state index in [2.05, 4.69) is 4.98 Å². The van der Waals surface area contributed by atoms with Gasteiger partial charge in [0.1, 0.15) is 0 Å². The molecule has 1 heterocycles. The molecule has 0 amide bonds. The molecule has 1 N–H and O–H groups in total.